The number of pyridine rings is 1. The van der Waals surface area contributed by atoms with E-state index in [1.165, 1.54) is 4.31 Å². The molecular formula is C20H22BrN5O3S. The zero-order valence-electron chi connectivity index (χ0n) is 16.7. The van der Waals surface area contributed by atoms with Crippen LogP contribution in [-0.2, 0) is 21.9 Å². The second-order valence-electron chi connectivity index (χ2n) is 7.45. The van der Waals surface area contributed by atoms with Crippen molar-refractivity contribution in [2.45, 2.75) is 24.7 Å². The molecule has 1 amide bonds. The van der Waals surface area contributed by atoms with Crippen molar-refractivity contribution >= 4 is 48.6 Å². The second-order valence-corrected chi connectivity index (χ2v) is 10.3. The molecule has 8 nitrogen and oxygen atoms in total. The van der Waals surface area contributed by atoms with Gasteiger partial charge in [-0.05, 0) is 50.1 Å². The van der Waals surface area contributed by atoms with Gasteiger partial charge in [-0.2, -0.15) is 9.40 Å². The van der Waals surface area contributed by atoms with Crippen molar-refractivity contribution in [3.05, 3.63) is 46.7 Å². The molecule has 30 heavy (non-hydrogen) atoms. The van der Waals surface area contributed by atoms with E-state index >= 15 is 0 Å². The Kier molecular flexibility index (Phi) is 5.65. The minimum Gasteiger partial charge on any atom is -0.324 e. The Balaban J connectivity index is 1.49. The Morgan fingerprint density at radius 3 is 2.73 bits per heavy atom. The quantitative estimate of drug-likeness (QED) is 0.604. The zero-order chi connectivity index (χ0) is 21.5. The third-order valence-corrected chi connectivity index (χ3v) is 7.74. The van der Waals surface area contributed by atoms with Gasteiger partial charge in [0.25, 0.3) is 0 Å². The van der Waals surface area contributed by atoms with Crippen molar-refractivity contribution in [1.29, 1.82) is 0 Å². The number of aryl methyl sites for hydroxylation is 2. The highest BCUT2D eigenvalue weighted by molar-refractivity contribution is 9.10. The first-order valence-electron chi connectivity index (χ1n) is 9.61. The summed E-state index contributed by atoms with van der Waals surface area (Å²) in [4.78, 5) is 17.5. The molecule has 0 bridgehead atoms. The predicted octanol–water partition coefficient (Wildman–Crippen LogP) is 3.08. The number of aromatic nitrogens is 3. The van der Waals surface area contributed by atoms with Crippen LogP contribution in [0.5, 0.6) is 0 Å². The van der Waals surface area contributed by atoms with E-state index in [9.17, 15) is 13.2 Å². The van der Waals surface area contributed by atoms with Crippen molar-refractivity contribution in [2.75, 3.05) is 18.4 Å². The van der Waals surface area contributed by atoms with Crippen LogP contribution in [0.3, 0.4) is 0 Å². The Labute approximate surface area is 183 Å². The van der Waals surface area contributed by atoms with Gasteiger partial charge >= 0.3 is 0 Å². The van der Waals surface area contributed by atoms with Crippen LogP contribution in [0.15, 0.2) is 45.9 Å². The SMILES string of the molecule is Cc1nn(C)c2ncc(NC(=O)C3CCCN(S(=O)(=O)c4ccc(Br)cc4)C3)cc12. The Morgan fingerprint density at radius 2 is 2.00 bits per heavy atom. The van der Waals surface area contributed by atoms with Crippen LogP contribution in [0.2, 0.25) is 0 Å². The summed E-state index contributed by atoms with van der Waals surface area (Å²) in [6.45, 7) is 2.46. The van der Waals surface area contributed by atoms with E-state index in [0.717, 1.165) is 21.2 Å². The van der Waals surface area contributed by atoms with Gasteiger partial charge in [-0.25, -0.2) is 13.4 Å². The summed E-state index contributed by atoms with van der Waals surface area (Å²) in [5.74, 6) is -0.622. The van der Waals surface area contributed by atoms with Crippen LogP contribution < -0.4 is 5.32 Å². The Bertz CT molecular complexity index is 1210. The third kappa shape index (κ3) is 3.99. The first-order valence-corrected chi connectivity index (χ1v) is 11.8. The summed E-state index contributed by atoms with van der Waals surface area (Å²) >= 11 is 3.32. The number of nitrogens with zero attached hydrogens (tertiary/aromatic N) is 4. The van der Waals surface area contributed by atoms with Crippen molar-refractivity contribution in [2.24, 2.45) is 13.0 Å². The van der Waals surface area contributed by atoms with Gasteiger partial charge in [0.15, 0.2) is 5.65 Å². The number of hydrogen-bond acceptors (Lipinski definition) is 5. The molecule has 0 radical (unpaired) electrons. The van der Waals surface area contributed by atoms with Gasteiger partial charge in [-0.3, -0.25) is 9.48 Å². The molecule has 0 spiro atoms. The summed E-state index contributed by atoms with van der Waals surface area (Å²) in [5.41, 5.74) is 2.16. The maximum atomic E-state index is 13.0. The lowest BCUT2D eigenvalue weighted by Gasteiger charge is -2.31. The van der Waals surface area contributed by atoms with E-state index in [0.29, 0.717) is 25.1 Å². The number of anilines is 1. The maximum Gasteiger partial charge on any atom is 0.243 e. The van der Waals surface area contributed by atoms with Crippen LogP contribution >= 0.6 is 15.9 Å². The highest BCUT2D eigenvalue weighted by Crippen LogP contribution is 2.26. The van der Waals surface area contributed by atoms with E-state index in [1.807, 2.05) is 20.0 Å². The molecule has 1 aliphatic heterocycles. The van der Waals surface area contributed by atoms with Crippen LogP contribution in [0, 0.1) is 12.8 Å². The number of nitrogens with one attached hydrogen (secondary N) is 1. The normalized spacial score (nSPS) is 17.9. The van der Waals surface area contributed by atoms with Crippen molar-refractivity contribution in [3.63, 3.8) is 0 Å². The topological polar surface area (TPSA) is 97.2 Å². The average Bonchev–Trinajstić information content (AvgIpc) is 3.01. The van der Waals surface area contributed by atoms with Crippen molar-refractivity contribution in [1.82, 2.24) is 19.1 Å². The summed E-state index contributed by atoms with van der Waals surface area (Å²) in [6.07, 6.45) is 2.87. The molecule has 1 saturated heterocycles. The highest BCUT2D eigenvalue weighted by Gasteiger charge is 2.33. The fourth-order valence-corrected chi connectivity index (χ4v) is 5.54. The van der Waals surface area contributed by atoms with Crippen LogP contribution in [0.25, 0.3) is 11.0 Å². The van der Waals surface area contributed by atoms with Gasteiger partial charge in [0.1, 0.15) is 0 Å². The maximum absolute atomic E-state index is 13.0. The number of amides is 1. The molecule has 1 fully saturated rings. The predicted molar refractivity (Wildman–Crippen MR) is 118 cm³/mol. The van der Waals surface area contributed by atoms with Crippen LogP contribution in [-0.4, -0.2) is 46.5 Å². The smallest absolute Gasteiger partial charge is 0.243 e. The molecule has 3 aromatic rings. The molecule has 1 unspecified atom stereocenters. The number of hydrogen-bond donors (Lipinski definition) is 1. The fourth-order valence-electron chi connectivity index (χ4n) is 3.75. The van der Waals surface area contributed by atoms with Crippen LogP contribution in [0.1, 0.15) is 18.5 Å². The number of halogens is 1. The lowest BCUT2D eigenvalue weighted by atomic mass is 9.99. The fraction of sp³-hybridized carbons (Fsp3) is 0.350. The number of fused-ring (bicyclic) bond motifs is 1. The average molecular weight is 492 g/mol. The Morgan fingerprint density at radius 1 is 1.27 bits per heavy atom. The number of rotatable bonds is 4. The number of carbonyl (C=O) groups excluding carboxylic acids is 1. The minimum atomic E-state index is -3.64. The largest absolute Gasteiger partial charge is 0.324 e. The second kappa shape index (κ2) is 8.09. The lowest BCUT2D eigenvalue weighted by molar-refractivity contribution is -0.120. The number of benzene rings is 1. The third-order valence-electron chi connectivity index (χ3n) is 5.34. The summed E-state index contributed by atoms with van der Waals surface area (Å²) in [7, 11) is -1.82. The summed E-state index contributed by atoms with van der Waals surface area (Å²) in [5, 5.41) is 8.10. The van der Waals surface area contributed by atoms with Gasteiger partial charge in [0, 0.05) is 30.0 Å². The molecule has 1 N–H and O–H groups in total. The molecule has 3 heterocycles. The summed E-state index contributed by atoms with van der Waals surface area (Å²) in [6, 6.07) is 8.39. The molecule has 0 aliphatic carbocycles. The first-order chi connectivity index (χ1) is 14.3. The molecule has 158 valence electrons. The van der Waals surface area contributed by atoms with Crippen LogP contribution in [0.4, 0.5) is 5.69 Å². The summed E-state index contributed by atoms with van der Waals surface area (Å²) < 4.78 is 29.8. The lowest BCUT2D eigenvalue weighted by Crippen LogP contribution is -2.43. The van der Waals surface area contributed by atoms with Gasteiger partial charge < -0.3 is 5.32 Å². The van der Waals surface area contributed by atoms with Gasteiger partial charge in [0.05, 0.1) is 28.4 Å². The molecular weight excluding hydrogens is 470 g/mol. The molecule has 4 rings (SSSR count). The number of sulfonamides is 1. The molecule has 1 aliphatic rings. The van der Waals surface area contributed by atoms with Gasteiger partial charge in [-0.15, -0.1) is 0 Å². The van der Waals surface area contributed by atoms with E-state index in [1.54, 1.807) is 35.1 Å². The van der Waals surface area contributed by atoms with Gasteiger partial charge in [0.2, 0.25) is 15.9 Å². The molecule has 1 atom stereocenters. The molecule has 10 heteroatoms. The standard InChI is InChI=1S/C20H22BrN5O3S/c1-13-18-10-16(11-22-19(18)25(2)24-13)23-20(27)14-4-3-9-26(12-14)30(28,29)17-7-5-15(21)6-8-17/h5-8,10-11,14H,3-4,9,12H2,1-2H3,(H,23,27). The van der Waals surface area contributed by atoms with E-state index in [2.05, 4.69) is 31.3 Å². The van der Waals surface area contributed by atoms with Gasteiger partial charge in [-0.1, -0.05) is 15.9 Å². The van der Waals surface area contributed by atoms with Crippen molar-refractivity contribution < 1.29 is 13.2 Å². The number of carbonyl (C=O) groups is 1. The van der Waals surface area contributed by atoms with Crippen molar-refractivity contribution in [3.8, 4) is 0 Å². The monoisotopic (exact) mass is 491 g/mol. The highest BCUT2D eigenvalue weighted by atomic mass is 79.9. The zero-order valence-corrected chi connectivity index (χ0v) is 19.1. The first kappa shape index (κ1) is 21.0. The molecule has 1 aromatic carbocycles. The van der Waals surface area contributed by atoms with E-state index in [4.69, 9.17) is 0 Å². The Hall–Kier alpha value is -2.30. The number of piperidine rings is 1. The molecule has 0 saturated carbocycles. The minimum absolute atomic E-state index is 0.159. The van der Waals surface area contributed by atoms with E-state index < -0.39 is 15.9 Å². The molecule has 2 aromatic heterocycles. The van der Waals surface area contributed by atoms with E-state index in [-0.39, 0.29) is 17.3 Å².